The van der Waals surface area contributed by atoms with Gasteiger partial charge in [0, 0.05) is 16.8 Å². The van der Waals surface area contributed by atoms with Crippen LogP contribution in [0, 0.1) is 6.92 Å². The van der Waals surface area contributed by atoms with Gasteiger partial charge in [0.15, 0.2) is 0 Å². The zero-order chi connectivity index (χ0) is 24.1. The van der Waals surface area contributed by atoms with E-state index in [0.717, 1.165) is 39.9 Å². The number of hydrogen-bond donors (Lipinski definition) is 2. The third kappa shape index (κ3) is 4.66. The number of nitrogens with zero attached hydrogens (tertiary/aromatic N) is 4. The maximum Gasteiger partial charge on any atom is 0.341 e. The summed E-state index contributed by atoms with van der Waals surface area (Å²) in [5.74, 6) is -0.0428. The predicted molar refractivity (Wildman–Crippen MR) is 129 cm³/mol. The molecule has 0 saturated heterocycles. The average Bonchev–Trinajstić information content (AvgIpc) is 3.38. The molecule has 2 heterocycles. The minimum atomic E-state index is -1.01. The van der Waals surface area contributed by atoms with E-state index in [1.54, 1.807) is 0 Å². The van der Waals surface area contributed by atoms with Crippen molar-refractivity contribution in [2.75, 3.05) is 0 Å². The Morgan fingerprint density at radius 2 is 1.79 bits per heavy atom. The first-order valence-corrected chi connectivity index (χ1v) is 11.3. The van der Waals surface area contributed by atoms with Crippen LogP contribution in [0.1, 0.15) is 53.1 Å². The molecule has 0 saturated carbocycles. The number of rotatable bonds is 9. The molecule has 0 bridgehead atoms. The first kappa shape index (κ1) is 23.1. The van der Waals surface area contributed by atoms with Crippen LogP contribution in [0.15, 0.2) is 48.5 Å². The molecule has 0 spiro atoms. The fourth-order valence-corrected chi connectivity index (χ4v) is 4.13. The Morgan fingerprint density at radius 3 is 2.41 bits per heavy atom. The van der Waals surface area contributed by atoms with Crippen molar-refractivity contribution >= 4 is 5.97 Å². The maximum absolute atomic E-state index is 12.1. The Kier molecular flexibility index (Phi) is 6.96. The standard InChI is InChI=1S/C26H27N5O3/c1-4-8-22-23(26(32)33)24(19(5-2)16(3)27-22)34-15-17-11-13-18(14-12-17)20-9-6-7-10-21(20)25-28-30-31-29-25/h6-7,9-14H,4-5,8,15H2,1-3H3,(H,32,33)(H,28,29,30,31). The number of carboxylic acids is 1. The van der Waals surface area contributed by atoms with Crippen molar-refractivity contribution < 1.29 is 14.6 Å². The zero-order valence-electron chi connectivity index (χ0n) is 19.5. The molecular formula is C26H27N5O3. The van der Waals surface area contributed by atoms with Crippen molar-refractivity contribution in [2.24, 2.45) is 0 Å². The molecule has 2 aromatic carbocycles. The molecule has 4 aromatic rings. The molecule has 0 unspecified atom stereocenters. The molecule has 0 atom stereocenters. The molecule has 2 aromatic heterocycles. The minimum Gasteiger partial charge on any atom is -0.488 e. The van der Waals surface area contributed by atoms with Crippen LogP contribution >= 0.6 is 0 Å². The number of aromatic nitrogens is 5. The van der Waals surface area contributed by atoms with Gasteiger partial charge in [-0.1, -0.05) is 68.8 Å². The van der Waals surface area contributed by atoms with Gasteiger partial charge in [-0.25, -0.2) is 4.79 Å². The van der Waals surface area contributed by atoms with E-state index in [2.05, 4.69) is 25.6 Å². The molecule has 174 valence electrons. The number of nitrogens with one attached hydrogen (secondary N) is 1. The normalized spacial score (nSPS) is 10.9. The van der Waals surface area contributed by atoms with Gasteiger partial charge in [0.25, 0.3) is 0 Å². The molecule has 2 N–H and O–H groups in total. The van der Waals surface area contributed by atoms with E-state index in [9.17, 15) is 9.90 Å². The highest BCUT2D eigenvalue weighted by atomic mass is 16.5. The number of H-pyrrole nitrogens is 1. The van der Waals surface area contributed by atoms with Crippen LogP contribution in [0.3, 0.4) is 0 Å². The predicted octanol–water partition coefficient (Wildman–Crippen LogP) is 5.03. The molecule has 8 nitrogen and oxygen atoms in total. The van der Waals surface area contributed by atoms with Crippen LogP contribution in [-0.4, -0.2) is 36.7 Å². The molecule has 8 heteroatoms. The molecular weight excluding hydrogens is 430 g/mol. The van der Waals surface area contributed by atoms with E-state index >= 15 is 0 Å². The Morgan fingerprint density at radius 1 is 1.06 bits per heavy atom. The molecule has 0 fully saturated rings. The van der Waals surface area contributed by atoms with Crippen LogP contribution in [0.4, 0.5) is 0 Å². The number of benzene rings is 2. The van der Waals surface area contributed by atoms with Crippen molar-refractivity contribution in [1.82, 2.24) is 25.6 Å². The SMILES string of the molecule is CCCc1nc(C)c(CC)c(OCc2ccc(-c3ccccc3-c3nn[nH]n3)cc2)c1C(=O)O. The van der Waals surface area contributed by atoms with E-state index < -0.39 is 5.97 Å². The second kappa shape index (κ2) is 10.2. The molecule has 0 aliphatic rings. The minimum absolute atomic E-state index is 0.176. The number of aromatic amines is 1. The molecule has 34 heavy (non-hydrogen) atoms. The fourth-order valence-electron chi connectivity index (χ4n) is 4.13. The Bertz CT molecular complexity index is 1280. The number of ether oxygens (including phenoxy) is 1. The average molecular weight is 458 g/mol. The highest BCUT2D eigenvalue weighted by Gasteiger charge is 2.23. The monoisotopic (exact) mass is 457 g/mol. The van der Waals surface area contributed by atoms with Gasteiger partial charge < -0.3 is 9.84 Å². The third-order valence-corrected chi connectivity index (χ3v) is 5.74. The maximum atomic E-state index is 12.1. The molecule has 4 rings (SSSR count). The van der Waals surface area contributed by atoms with Crippen LogP contribution in [-0.2, 0) is 19.4 Å². The van der Waals surface area contributed by atoms with Gasteiger partial charge in [-0.05, 0) is 41.7 Å². The van der Waals surface area contributed by atoms with Crippen LogP contribution in [0.5, 0.6) is 5.75 Å². The highest BCUT2D eigenvalue weighted by Crippen LogP contribution is 2.32. The lowest BCUT2D eigenvalue weighted by atomic mass is 9.98. The van der Waals surface area contributed by atoms with Crippen LogP contribution < -0.4 is 4.74 Å². The van der Waals surface area contributed by atoms with E-state index in [4.69, 9.17) is 4.74 Å². The largest absolute Gasteiger partial charge is 0.488 e. The second-order valence-electron chi connectivity index (χ2n) is 8.00. The molecule has 0 aliphatic heterocycles. The van der Waals surface area contributed by atoms with Crippen molar-refractivity contribution in [3.05, 3.63) is 76.6 Å². The van der Waals surface area contributed by atoms with Crippen molar-refractivity contribution in [1.29, 1.82) is 0 Å². The van der Waals surface area contributed by atoms with Crippen LogP contribution in [0.2, 0.25) is 0 Å². The summed E-state index contributed by atoms with van der Waals surface area (Å²) in [5, 5.41) is 24.3. The number of pyridine rings is 1. The van der Waals surface area contributed by atoms with E-state index in [-0.39, 0.29) is 12.2 Å². The summed E-state index contributed by atoms with van der Waals surface area (Å²) in [5.41, 5.74) is 6.23. The quantitative estimate of drug-likeness (QED) is 0.362. The Hall–Kier alpha value is -4.07. The van der Waals surface area contributed by atoms with E-state index in [1.807, 2.05) is 69.3 Å². The molecule has 0 amide bonds. The number of carboxylic acid groups (broad SMARTS) is 1. The lowest BCUT2D eigenvalue weighted by Gasteiger charge is -2.18. The topological polar surface area (TPSA) is 114 Å². The number of aromatic carboxylic acids is 1. The van der Waals surface area contributed by atoms with Crippen LogP contribution in [0.25, 0.3) is 22.5 Å². The van der Waals surface area contributed by atoms with Gasteiger partial charge in [0.1, 0.15) is 17.9 Å². The molecule has 0 aliphatic carbocycles. The number of tetrazole rings is 1. The van der Waals surface area contributed by atoms with Gasteiger partial charge in [0.05, 0.1) is 5.69 Å². The number of aryl methyl sites for hydroxylation is 2. The van der Waals surface area contributed by atoms with E-state index in [0.29, 0.717) is 30.1 Å². The van der Waals surface area contributed by atoms with Gasteiger partial charge in [0.2, 0.25) is 5.82 Å². The first-order chi connectivity index (χ1) is 16.5. The van der Waals surface area contributed by atoms with Gasteiger partial charge in [-0.2, -0.15) is 5.21 Å². The summed E-state index contributed by atoms with van der Waals surface area (Å²) < 4.78 is 6.15. The van der Waals surface area contributed by atoms with Gasteiger partial charge >= 0.3 is 5.97 Å². The first-order valence-electron chi connectivity index (χ1n) is 11.3. The molecule has 0 radical (unpaired) electrons. The highest BCUT2D eigenvalue weighted by molar-refractivity contribution is 5.93. The summed E-state index contributed by atoms with van der Waals surface area (Å²) in [6.45, 7) is 6.16. The lowest BCUT2D eigenvalue weighted by Crippen LogP contribution is -2.13. The third-order valence-electron chi connectivity index (χ3n) is 5.74. The van der Waals surface area contributed by atoms with Crippen molar-refractivity contribution in [3.8, 4) is 28.3 Å². The lowest BCUT2D eigenvalue weighted by molar-refractivity contribution is 0.0689. The van der Waals surface area contributed by atoms with E-state index in [1.165, 1.54) is 0 Å². The summed E-state index contributed by atoms with van der Waals surface area (Å²) in [4.78, 5) is 16.7. The van der Waals surface area contributed by atoms with Gasteiger partial charge in [-0.15, -0.1) is 10.2 Å². The fraction of sp³-hybridized carbons (Fsp3) is 0.269. The number of carbonyl (C=O) groups is 1. The Labute approximate surface area is 198 Å². The van der Waals surface area contributed by atoms with Gasteiger partial charge in [-0.3, -0.25) is 4.98 Å². The van der Waals surface area contributed by atoms with Crippen molar-refractivity contribution in [3.63, 3.8) is 0 Å². The summed E-state index contributed by atoms with van der Waals surface area (Å²) >= 11 is 0. The van der Waals surface area contributed by atoms with Crippen molar-refractivity contribution in [2.45, 2.75) is 46.6 Å². The summed E-state index contributed by atoms with van der Waals surface area (Å²) in [7, 11) is 0. The smallest absolute Gasteiger partial charge is 0.341 e. The number of hydrogen-bond acceptors (Lipinski definition) is 6. The summed E-state index contributed by atoms with van der Waals surface area (Å²) in [6, 6.07) is 15.9. The summed E-state index contributed by atoms with van der Waals surface area (Å²) in [6.07, 6.45) is 2.05. The Balaban J connectivity index is 1.61. The zero-order valence-corrected chi connectivity index (χ0v) is 19.5. The second-order valence-corrected chi connectivity index (χ2v) is 8.00.